The lowest BCUT2D eigenvalue weighted by atomic mass is 10.2. The Kier molecular flexibility index (Phi) is 8.87. The van der Waals surface area contributed by atoms with E-state index in [-0.39, 0.29) is 12.6 Å². The van der Waals surface area contributed by atoms with Crippen molar-refractivity contribution in [3.63, 3.8) is 0 Å². The predicted octanol–water partition coefficient (Wildman–Crippen LogP) is -0.299. The van der Waals surface area contributed by atoms with E-state index in [1.54, 1.807) is 7.11 Å². The van der Waals surface area contributed by atoms with Crippen molar-refractivity contribution in [2.45, 2.75) is 6.04 Å². The van der Waals surface area contributed by atoms with Crippen LogP contribution in [0.2, 0.25) is 0 Å². The van der Waals surface area contributed by atoms with E-state index in [1.165, 1.54) is 0 Å². The maximum atomic E-state index is 8.91. The highest BCUT2D eigenvalue weighted by Gasteiger charge is 2.15. The number of likely N-dealkylation sites (N-methyl/N-ethyl adjacent to an activating group) is 1. The van der Waals surface area contributed by atoms with Crippen molar-refractivity contribution in [1.82, 2.24) is 10.2 Å². The third-order valence-electron chi connectivity index (χ3n) is 2.07. The van der Waals surface area contributed by atoms with Gasteiger partial charge in [-0.25, -0.2) is 0 Å². The molecule has 0 aromatic heterocycles. The molecule has 0 heterocycles. The monoisotopic (exact) mass is 202 g/mol. The van der Waals surface area contributed by atoms with E-state index < -0.39 is 0 Å². The van der Waals surface area contributed by atoms with Gasteiger partial charge >= 0.3 is 0 Å². The van der Waals surface area contributed by atoms with Gasteiger partial charge in [0, 0.05) is 32.8 Å². The first kappa shape index (κ1) is 13.6. The van der Waals surface area contributed by atoms with Gasteiger partial charge < -0.3 is 15.2 Å². The highest BCUT2D eigenvalue weighted by atomic mass is 16.5. The SMILES string of the molecule is C=CCN(CCO)C(CNC)COC. The van der Waals surface area contributed by atoms with Gasteiger partial charge in [0.2, 0.25) is 0 Å². The molecule has 0 fully saturated rings. The Morgan fingerprint density at radius 3 is 2.79 bits per heavy atom. The quantitative estimate of drug-likeness (QED) is 0.504. The summed E-state index contributed by atoms with van der Waals surface area (Å²) in [5.74, 6) is 0. The number of methoxy groups -OCH3 is 1. The predicted molar refractivity (Wildman–Crippen MR) is 58.4 cm³/mol. The Morgan fingerprint density at radius 1 is 1.64 bits per heavy atom. The van der Waals surface area contributed by atoms with Crippen LogP contribution in [0.5, 0.6) is 0 Å². The number of rotatable bonds is 9. The second kappa shape index (κ2) is 9.15. The number of ether oxygens (including phenoxy) is 1. The fourth-order valence-electron chi connectivity index (χ4n) is 1.44. The number of aliphatic hydroxyl groups excluding tert-OH is 1. The van der Waals surface area contributed by atoms with E-state index in [4.69, 9.17) is 9.84 Å². The molecule has 0 aromatic rings. The zero-order valence-electron chi connectivity index (χ0n) is 9.20. The molecule has 0 radical (unpaired) electrons. The van der Waals surface area contributed by atoms with Gasteiger partial charge in [-0.3, -0.25) is 4.90 Å². The largest absolute Gasteiger partial charge is 0.395 e. The van der Waals surface area contributed by atoms with Crippen LogP contribution < -0.4 is 5.32 Å². The van der Waals surface area contributed by atoms with Gasteiger partial charge in [0.15, 0.2) is 0 Å². The van der Waals surface area contributed by atoms with Crippen LogP contribution in [0.25, 0.3) is 0 Å². The smallest absolute Gasteiger partial charge is 0.0630 e. The molecule has 0 saturated heterocycles. The average molecular weight is 202 g/mol. The molecule has 1 unspecified atom stereocenters. The maximum Gasteiger partial charge on any atom is 0.0630 e. The number of aliphatic hydroxyl groups is 1. The molecule has 0 aromatic carbocycles. The summed E-state index contributed by atoms with van der Waals surface area (Å²) in [5.41, 5.74) is 0. The minimum Gasteiger partial charge on any atom is -0.395 e. The first-order chi connectivity index (χ1) is 6.79. The van der Waals surface area contributed by atoms with E-state index in [9.17, 15) is 0 Å². The van der Waals surface area contributed by atoms with Crippen molar-refractivity contribution >= 4 is 0 Å². The number of nitrogens with zero attached hydrogens (tertiary/aromatic N) is 1. The minimum atomic E-state index is 0.164. The molecule has 4 heteroatoms. The molecule has 14 heavy (non-hydrogen) atoms. The van der Waals surface area contributed by atoms with Crippen LogP contribution in [0.15, 0.2) is 12.7 Å². The van der Waals surface area contributed by atoms with Crippen LogP contribution in [0.4, 0.5) is 0 Å². The Bertz CT molecular complexity index is 136. The molecule has 0 aliphatic carbocycles. The summed E-state index contributed by atoms with van der Waals surface area (Å²) in [7, 11) is 3.60. The van der Waals surface area contributed by atoms with Crippen molar-refractivity contribution in [2.75, 3.05) is 47.0 Å². The van der Waals surface area contributed by atoms with E-state index in [0.29, 0.717) is 13.2 Å². The Balaban J connectivity index is 4.12. The molecule has 2 N–H and O–H groups in total. The van der Waals surface area contributed by atoms with Crippen LogP contribution in [0.3, 0.4) is 0 Å². The molecule has 84 valence electrons. The second-order valence-electron chi connectivity index (χ2n) is 3.17. The molecule has 0 saturated carbocycles. The molecule has 0 amide bonds. The summed E-state index contributed by atoms with van der Waals surface area (Å²) in [5, 5.41) is 12.0. The summed E-state index contributed by atoms with van der Waals surface area (Å²) < 4.78 is 5.13. The molecular weight excluding hydrogens is 180 g/mol. The van der Waals surface area contributed by atoms with Gasteiger partial charge in [-0.05, 0) is 7.05 Å². The normalized spacial score (nSPS) is 13.1. The summed E-state index contributed by atoms with van der Waals surface area (Å²) in [6.45, 7) is 6.80. The van der Waals surface area contributed by atoms with Gasteiger partial charge in [-0.1, -0.05) is 6.08 Å². The molecule has 0 aliphatic rings. The molecule has 0 aliphatic heterocycles. The third kappa shape index (κ3) is 5.34. The second-order valence-corrected chi connectivity index (χ2v) is 3.17. The van der Waals surface area contributed by atoms with E-state index in [2.05, 4.69) is 16.8 Å². The lowest BCUT2D eigenvalue weighted by Crippen LogP contribution is -2.45. The summed E-state index contributed by atoms with van der Waals surface area (Å²) in [6, 6.07) is 0.287. The molecule has 0 spiro atoms. The zero-order valence-corrected chi connectivity index (χ0v) is 9.20. The van der Waals surface area contributed by atoms with E-state index >= 15 is 0 Å². The first-order valence-corrected chi connectivity index (χ1v) is 4.89. The van der Waals surface area contributed by atoms with Crippen molar-refractivity contribution in [3.8, 4) is 0 Å². The van der Waals surface area contributed by atoms with Gasteiger partial charge in [-0.2, -0.15) is 0 Å². The van der Waals surface area contributed by atoms with Crippen LogP contribution >= 0.6 is 0 Å². The molecule has 4 nitrogen and oxygen atoms in total. The van der Waals surface area contributed by atoms with Gasteiger partial charge in [0.05, 0.1) is 13.2 Å². The van der Waals surface area contributed by atoms with Crippen molar-refractivity contribution in [1.29, 1.82) is 0 Å². The molecule has 0 rings (SSSR count). The minimum absolute atomic E-state index is 0.164. The maximum absolute atomic E-state index is 8.91. The van der Waals surface area contributed by atoms with Crippen LogP contribution in [-0.4, -0.2) is 63.1 Å². The van der Waals surface area contributed by atoms with Gasteiger partial charge in [-0.15, -0.1) is 6.58 Å². The van der Waals surface area contributed by atoms with E-state index in [1.807, 2.05) is 13.1 Å². The molecule has 1 atom stereocenters. The Labute approximate surface area is 86.6 Å². The standard InChI is InChI=1S/C10H22N2O2/c1-4-5-12(6-7-13)10(8-11-2)9-14-3/h4,10-11,13H,1,5-9H2,2-3H3. The summed E-state index contributed by atoms with van der Waals surface area (Å²) in [4.78, 5) is 2.15. The number of hydrogen-bond donors (Lipinski definition) is 2. The van der Waals surface area contributed by atoms with Gasteiger partial charge in [0.25, 0.3) is 0 Å². The fraction of sp³-hybridized carbons (Fsp3) is 0.800. The zero-order chi connectivity index (χ0) is 10.8. The van der Waals surface area contributed by atoms with Crippen molar-refractivity contribution < 1.29 is 9.84 Å². The van der Waals surface area contributed by atoms with E-state index in [0.717, 1.165) is 13.1 Å². The lowest BCUT2D eigenvalue weighted by Gasteiger charge is -2.29. The highest BCUT2D eigenvalue weighted by Crippen LogP contribution is 1.99. The van der Waals surface area contributed by atoms with Crippen LogP contribution in [0.1, 0.15) is 0 Å². The Hall–Kier alpha value is -0.420. The lowest BCUT2D eigenvalue weighted by molar-refractivity contribution is 0.0847. The van der Waals surface area contributed by atoms with Gasteiger partial charge in [0.1, 0.15) is 0 Å². The Morgan fingerprint density at radius 2 is 2.36 bits per heavy atom. The van der Waals surface area contributed by atoms with Crippen LogP contribution in [-0.2, 0) is 4.74 Å². The summed E-state index contributed by atoms with van der Waals surface area (Å²) >= 11 is 0. The fourth-order valence-corrected chi connectivity index (χ4v) is 1.44. The first-order valence-electron chi connectivity index (χ1n) is 4.89. The van der Waals surface area contributed by atoms with Crippen molar-refractivity contribution in [2.24, 2.45) is 0 Å². The highest BCUT2D eigenvalue weighted by molar-refractivity contribution is 4.80. The molecule has 0 bridgehead atoms. The number of nitrogens with one attached hydrogen (secondary N) is 1. The topological polar surface area (TPSA) is 44.7 Å². The number of hydrogen-bond acceptors (Lipinski definition) is 4. The van der Waals surface area contributed by atoms with Crippen molar-refractivity contribution in [3.05, 3.63) is 12.7 Å². The third-order valence-corrected chi connectivity index (χ3v) is 2.07. The summed E-state index contributed by atoms with van der Waals surface area (Å²) in [6.07, 6.45) is 1.84. The van der Waals surface area contributed by atoms with Crippen LogP contribution in [0, 0.1) is 0 Å². The molecular formula is C10H22N2O2. The average Bonchev–Trinajstić information content (AvgIpc) is 2.17.